The number of nitrogens with one attached hydrogen (secondary N) is 2. The largest absolute Gasteiger partial charge is 0.427 e. The van der Waals surface area contributed by atoms with Crippen molar-refractivity contribution in [3.8, 4) is 23.0 Å². The summed E-state index contributed by atoms with van der Waals surface area (Å²) in [6, 6.07) is 40.3. The molecule has 6 rings (SSSR count). The molecule has 0 saturated carbocycles. The third kappa shape index (κ3) is 18.2. The van der Waals surface area contributed by atoms with E-state index in [1.165, 1.54) is 6.92 Å². The number of rotatable bonds is 10. The number of esters is 1. The van der Waals surface area contributed by atoms with E-state index < -0.39 is 17.0 Å². The summed E-state index contributed by atoms with van der Waals surface area (Å²) < 4.78 is 20.2. The smallest absolute Gasteiger partial charge is 0.417 e. The molecule has 1 atom stereocenters. The van der Waals surface area contributed by atoms with E-state index in [1.807, 2.05) is 99.8 Å². The molecule has 0 aromatic heterocycles. The van der Waals surface area contributed by atoms with E-state index in [0.29, 0.717) is 28.7 Å². The minimum Gasteiger partial charge on any atom is -0.427 e. The SMILES string of the molecule is C.CC(C)(c1ccc(OC(=O)Cl)cc1)c1ccc(OC(=O)Cl)cc1.CNc1ccc(C)c(NC(=O)Oc2ccc(C(C)(C)c3ccc(OC(C)=O)cc3)cc2)c1.Cc1ccc(N)cc1N.P.[U]. The van der Waals surface area contributed by atoms with E-state index in [2.05, 4.69) is 38.3 Å². The number of hydrogen-bond donors (Lipinski definition) is 4. The summed E-state index contributed by atoms with van der Waals surface area (Å²) in [6.45, 7) is 13.6. The van der Waals surface area contributed by atoms with Crippen LogP contribution in [-0.4, -0.2) is 30.0 Å². The van der Waals surface area contributed by atoms with E-state index in [4.69, 9.17) is 53.6 Å². The van der Waals surface area contributed by atoms with Crippen molar-refractivity contribution in [1.82, 2.24) is 0 Å². The Kier molecular flexibility index (Phi) is 24.3. The Morgan fingerprint density at radius 3 is 1.22 bits per heavy atom. The molecular formula is C51H59Cl2N4O8PU. The molecule has 0 radical (unpaired) electrons. The van der Waals surface area contributed by atoms with E-state index in [9.17, 15) is 19.2 Å². The first kappa shape index (κ1) is 59.5. The number of benzene rings is 6. The van der Waals surface area contributed by atoms with Crippen molar-refractivity contribution in [3.05, 3.63) is 167 Å². The molecule has 0 aliphatic rings. The van der Waals surface area contributed by atoms with Crippen LogP contribution in [0.4, 0.5) is 37.1 Å². The first-order valence-electron chi connectivity index (χ1n) is 19.9. The van der Waals surface area contributed by atoms with Crippen LogP contribution >= 0.6 is 33.1 Å². The van der Waals surface area contributed by atoms with Gasteiger partial charge in [-0.15, -0.1) is 0 Å². The van der Waals surface area contributed by atoms with Gasteiger partial charge in [0.05, 0.1) is 0 Å². The van der Waals surface area contributed by atoms with Gasteiger partial charge in [-0.3, -0.25) is 10.1 Å². The number of nitrogen functional groups attached to an aromatic ring is 2. The third-order valence-electron chi connectivity index (χ3n) is 10.2. The van der Waals surface area contributed by atoms with Crippen molar-refractivity contribution in [2.75, 3.05) is 29.1 Å². The van der Waals surface area contributed by atoms with Crippen LogP contribution in [0.2, 0.25) is 0 Å². The first-order valence-corrected chi connectivity index (χ1v) is 20.7. The summed E-state index contributed by atoms with van der Waals surface area (Å²) in [6.07, 6.45) is -0.547. The second kappa shape index (κ2) is 27.3. The van der Waals surface area contributed by atoms with Gasteiger partial charge in [0.2, 0.25) is 0 Å². The van der Waals surface area contributed by atoms with Crippen LogP contribution < -0.4 is 41.0 Å². The van der Waals surface area contributed by atoms with Gasteiger partial charge in [0.25, 0.3) is 0 Å². The number of amides is 1. The number of carbonyl (C=O) groups excluding carboxylic acids is 4. The van der Waals surface area contributed by atoms with Crippen LogP contribution in [0.15, 0.2) is 133 Å². The number of halogens is 2. The van der Waals surface area contributed by atoms with E-state index in [1.54, 1.807) is 54.6 Å². The monoisotopic (exact) mass is 1190 g/mol. The molecule has 6 aromatic rings. The molecule has 1 amide bonds. The molecule has 6 N–H and O–H groups in total. The Bertz CT molecular complexity index is 2500. The molecule has 0 saturated heterocycles. The molecule has 16 heteroatoms. The molecular weight excluding hydrogens is 1140 g/mol. The quantitative estimate of drug-likeness (QED) is 0.0337. The minimum absolute atomic E-state index is 0. The Balaban J connectivity index is 0.000000560. The maximum absolute atomic E-state index is 12.4. The van der Waals surface area contributed by atoms with Crippen LogP contribution in [0.1, 0.15) is 75.4 Å². The summed E-state index contributed by atoms with van der Waals surface area (Å²) in [5.41, 5.74) is 17.9. The van der Waals surface area contributed by atoms with Gasteiger partial charge in [-0.25, -0.2) is 14.4 Å². The molecule has 0 spiro atoms. The summed E-state index contributed by atoms with van der Waals surface area (Å²) in [7, 11) is 1.82. The zero-order valence-electron chi connectivity index (χ0n) is 38.1. The van der Waals surface area contributed by atoms with Crippen molar-refractivity contribution in [3.63, 3.8) is 0 Å². The number of anilines is 4. The fourth-order valence-electron chi connectivity index (χ4n) is 6.26. The predicted molar refractivity (Wildman–Crippen MR) is 273 cm³/mol. The second-order valence-electron chi connectivity index (χ2n) is 15.5. The Morgan fingerprint density at radius 1 is 0.537 bits per heavy atom. The van der Waals surface area contributed by atoms with Crippen molar-refractivity contribution in [2.45, 2.75) is 66.7 Å². The Morgan fingerprint density at radius 2 is 0.896 bits per heavy atom. The third-order valence-corrected chi connectivity index (χ3v) is 10.4. The fraction of sp³-hybridized carbons (Fsp3) is 0.216. The van der Waals surface area contributed by atoms with Crippen molar-refractivity contribution < 1.29 is 69.2 Å². The van der Waals surface area contributed by atoms with Gasteiger partial charge in [-0.05, 0) is 120 Å². The normalized spacial score (nSPS) is 10.2. The zero-order valence-corrected chi connectivity index (χ0v) is 45.2. The van der Waals surface area contributed by atoms with Gasteiger partial charge in [0, 0.05) is 102 Å². The average molecular weight is 1200 g/mol. The maximum Gasteiger partial charge on any atom is 0.417 e. The average Bonchev–Trinajstić information content (AvgIpc) is 3.24. The summed E-state index contributed by atoms with van der Waals surface area (Å²) >= 11 is 10.4. The van der Waals surface area contributed by atoms with E-state index in [0.717, 1.165) is 50.4 Å². The van der Waals surface area contributed by atoms with Gasteiger partial charge < -0.3 is 35.7 Å². The summed E-state index contributed by atoms with van der Waals surface area (Å²) in [5.74, 6) is 1.39. The van der Waals surface area contributed by atoms with Crippen LogP contribution in [0, 0.1) is 45.0 Å². The van der Waals surface area contributed by atoms with Crippen molar-refractivity contribution >= 4 is 78.8 Å². The number of aryl methyl sites for hydroxylation is 2. The van der Waals surface area contributed by atoms with Crippen LogP contribution in [0.5, 0.6) is 23.0 Å². The molecule has 0 aliphatic heterocycles. The van der Waals surface area contributed by atoms with Crippen molar-refractivity contribution in [1.29, 1.82) is 0 Å². The van der Waals surface area contributed by atoms with E-state index >= 15 is 0 Å². The van der Waals surface area contributed by atoms with Gasteiger partial charge in [-0.1, -0.05) is 95.8 Å². The molecule has 0 aliphatic carbocycles. The molecule has 0 fully saturated rings. The summed E-state index contributed by atoms with van der Waals surface area (Å²) in [5, 5.41) is 5.83. The zero-order chi connectivity index (χ0) is 47.2. The number of nitrogens with two attached hydrogens (primary N) is 2. The number of hydrogen-bond acceptors (Lipinski definition) is 11. The minimum atomic E-state index is -0.874. The van der Waals surface area contributed by atoms with E-state index in [-0.39, 0.29) is 65.2 Å². The van der Waals surface area contributed by atoms with Gasteiger partial charge >= 0.3 is 22.9 Å². The van der Waals surface area contributed by atoms with Crippen molar-refractivity contribution in [2.24, 2.45) is 0 Å². The number of ether oxygens (including phenoxy) is 4. The fourth-order valence-corrected chi connectivity index (χ4v) is 6.44. The number of carbonyl (C=O) groups is 4. The molecule has 12 nitrogen and oxygen atoms in total. The van der Waals surface area contributed by atoms with Crippen LogP contribution in [0.3, 0.4) is 0 Å². The second-order valence-corrected chi connectivity index (χ2v) is 16.1. The predicted octanol–water partition coefficient (Wildman–Crippen LogP) is 13.2. The molecule has 67 heavy (non-hydrogen) atoms. The standard InChI is InChI=1S/C26H28N2O4.C17H14Cl2O4.C7H10N2.CH4.H3P.U/c1-17-6-11-21(27-5)16-24(17)28-25(30)32-23-14-9-20(10-15-23)26(3,4)19-7-12-22(13-8-19)31-18(2)29;1-17(2,11-3-7-13(8-4-11)22-15(18)20)12-5-9-14(10-6-12)23-16(19)21;1-5-2-3-6(8)4-7(5)9;;;/h6-16,27H,1-5H3,(H,28,30);3-10H,1-2H3;2-4H,8-9H2,1H3;1H4;1H3;. The molecule has 1 unspecified atom stereocenters. The van der Waals surface area contributed by atoms with Gasteiger partial charge in [0.1, 0.15) is 23.0 Å². The first-order chi connectivity index (χ1) is 30.2. The molecule has 0 bridgehead atoms. The molecule has 354 valence electrons. The van der Waals surface area contributed by atoms with Gasteiger partial charge in [0.15, 0.2) is 0 Å². The molecule has 0 heterocycles. The topological polar surface area (TPSA) is 181 Å². The Labute approximate surface area is 430 Å². The van der Waals surface area contributed by atoms with Gasteiger partial charge in [-0.2, -0.15) is 9.90 Å². The van der Waals surface area contributed by atoms with Crippen LogP contribution in [0.25, 0.3) is 0 Å². The maximum atomic E-state index is 12.4. The summed E-state index contributed by atoms with van der Waals surface area (Å²) in [4.78, 5) is 44.9. The Hall–Kier alpha value is -5.54. The van der Waals surface area contributed by atoms with Crippen LogP contribution in [-0.2, 0) is 15.6 Å². The molecule has 6 aromatic carbocycles.